The Labute approximate surface area is 162 Å². The maximum Gasteiger partial charge on any atom is 0.339 e. The van der Waals surface area contributed by atoms with Crippen LogP contribution >= 0.6 is 0 Å². The number of hydrogen-bond acceptors (Lipinski definition) is 3. The topological polar surface area (TPSA) is 64.4 Å². The summed E-state index contributed by atoms with van der Waals surface area (Å²) in [5.41, 5.74) is 5.01. The summed E-state index contributed by atoms with van der Waals surface area (Å²) >= 11 is 0. The van der Waals surface area contributed by atoms with Crippen LogP contribution in [0.1, 0.15) is 21.5 Å². The lowest BCUT2D eigenvalue weighted by Gasteiger charge is -2.09. The van der Waals surface area contributed by atoms with Gasteiger partial charge in [0.05, 0.1) is 23.8 Å². The average Bonchev–Trinajstić information content (AvgIpc) is 3.16. The quantitative estimate of drug-likeness (QED) is 0.507. The Balaban J connectivity index is 1.73. The van der Waals surface area contributed by atoms with E-state index in [0.29, 0.717) is 5.75 Å². The third kappa shape index (κ3) is 3.25. The predicted molar refractivity (Wildman–Crippen MR) is 110 cm³/mol. The lowest BCUT2D eigenvalue weighted by atomic mass is 10.1. The molecule has 0 saturated carbocycles. The number of aromatic nitrogens is 2. The molecule has 5 nitrogen and oxygen atoms in total. The number of carboxylic acid groups (broad SMARTS) is 1. The second-order valence-electron chi connectivity index (χ2n) is 6.26. The first-order valence-corrected chi connectivity index (χ1v) is 8.78. The molecule has 0 aliphatic heterocycles. The molecule has 0 spiro atoms. The molecule has 1 aromatic heterocycles. The van der Waals surface area contributed by atoms with Crippen molar-refractivity contribution in [3.05, 3.63) is 89.7 Å². The fourth-order valence-corrected chi connectivity index (χ4v) is 3.17. The number of carboxylic acids is 1. The molecule has 0 saturated heterocycles. The molecule has 0 atom stereocenters. The summed E-state index contributed by atoms with van der Waals surface area (Å²) in [4.78, 5) is 15.7. The van der Waals surface area contributed by atoms with Crippen LogP contribution in [0.5, 0.6) is 5.75 Å². The van der Waals surface area contributed by atoms with Crippen LogP contribution in [0.3, 0.4) is 0 Å². The number of rotatable bonds is 5. The summed E-state index contributed by atoms with van der Waals surface area (Å²) in [6.07, 6.45) is 5.76. The van der Waals surface area contributed by atoms with Crippen LogP contribution in [0.15, 0.2) is 73.1 Å². The van der Waals surface area contributed by atoms with Gasteiger partial charge in [-0.25, -0.2) is 9.78 Å². The van der Waals surface area contributed by atoms with Gasteiger partial charge < -0.3 is 9.84 Å². The van der Waals surface area contributed by atoms with Gasteiger partial charge in [0.1, 0.15) is 17.6 Å². The van der Waals surface area contributed by atoms with Crippen molar-refractivity contribution in [1.29, 1.82) is 0 Å². The zero-order valence-corrected chi connectivity index (χ0v) is 15.2. The van der Waals surface area contributed by atoms with E-state index >= 15 is 0 Å². The molecule has 0 radical (unpaired) electrons. The van der Waals surface area contributed by atoms with Gasteiger partial charge in [-0.05, 0) is 41.5 Å². The van der Waals surface area contributed by atoms with E-state index in [-0.39, 0.29) is 5.56 Å². The van der Waals surface area contributed by atoms with Gasteiger partial charge in [0.2, 0.25) is 0 Å². The average molecular weight is 370 g/mol. The Bertz CT molecular complexity index is 1190. The van der Waals surface area contributed by atoms with Crippen LogP contribution in [-0.2, 0) is 0 Å². The molecule has 0 aliphatic carbocycles. The molecule has 0 aliphatic rings. The molecule has 0 unspecified atom stereocenters. The van der Waals surface area contributed by atoms with Crippen molar-refractivity contribution >= 4 is 29.2 Å². The number of imidazole rings is 1. The number of fused-ring (bicyclic) bond motifs is 1. The Morgan fingerprint density at radius 2 is 1.82 bits per heavy atom. The van der Waals surface area contributed by atoms with Crippen LogP contribution < -0.4 is 4.74 Å². The van der Waals surface area contributed by atoms with Gasteiger partial charge in [-0.2, -0.15) is 0 Å². The standard InChI is InChI=1S/C23H18N2O3/c1-28-22-14-16(11-13-18(22)23(26)27)10-12-17-6-2-4-8-20(17)25-15-24-19-7-3-5-9-21(19)25/h2-15H,1H3,(H,26,27). The lowest BCUT2D eigenvalue weighted by Crippen LogP contribution is -2.00. The second kappa shape index (κ2) is 7.40. The molecule has 1 heterocycles. The lowest BCUT2D eigenvalue weighted by molar-refractivity contribution is 0.0693. The number of aromatic carboxylic acids is 1. The van der Waals surface area contributed by atoms with Crippen molar-refractivity contribution in [1.82, 2.24) is 9.55 Å². The van der Waals surface area contributed by atoms with Gasteiger partial charge in [-0.3, -0.25) is 4.57 Å². The van der Waals surface area contributed by atoms with Gasteiger partial charge in [-0.15, -0.1) is 0 Å². The van der Waals surface area contributed by atoms with E-state index in [1.807, 2.05) is 67.0 Å². The van der Waals surface area contributed by atoms with Crippen LogP contribution in [0.25, 0.3) is 28.9 Å². The van der Waals surface area contributed by atoms with Gasteiger partial charge in [0.15, 0.2) is 0 Å². The van der Waals surface area contributed by atoms with E-state index < -0.39 is 5.97 Å². The molecule has 4 rings (SSSR count). The number of para-hydroxylation sites is 3. The van der Waals surface area contributed by atoms with Crippen molar-refractivity contribution in [2.24, 2.45) is 0 Å². The van der Waals surface area contributed by atoms with Gasteiger partial charge >= 0.3 is 5.97 Å². The molecule has 138 valence electrons. The van der Waals surface area contributed by atoms with Crippen LogP contribution in [0.2, 0.25) is 0 Å². The SMILES string of the molecule is COc1cc(C=Cc2ccccc2-n2cnc3ccccc32)ccc1C(=O)O. The maximum atomic E-state index is 11.2. The van der Waals surface area contributed by atoms with E-state index in [1.165, 1.54) is 7.11 Å². The zero-order chi connectivity index (χ0) is 19.5. The Kier molecular flexibility index (Phi) is 4.64. The van der Waals surface area contributed by atoms with Crippen LogP contribution in [-0.4, -0.2) is 27.7 Å². The van der Waals surface area contributed by atoms with Gasteiger partial charge in [-0.1, -0.05) is 48.6 Å². The first-order valence-electron chi connectivity index (χ1n) is 8.78. The molecule has 28 heavy (non-hydrogen) atoms. The van der Waals surface area contributed by atoms with Crippen LogP contribution in [0, 0.1) is 0 Å². The van der Waals surface area contributed by atoms with E-state index in [1.54, 1.807) is 18.2 Å². The molecule has 1 N–H and O–H groups in total. The predicted octanol–water partition coefficient (Wildman–Crippen LogP) is 4.90. The first-order chi connectivity index (χ1) is 13.7. The molecule has 0 bridgehead atoms. The number of benzene rings is 3. The number of carbonyl (C=O) groups is 1. The molecule has 3 aromatic carbocycles. The van der Waals surface area contributed by atoms with Crippen molar-refractivity contribution < 1.29 is 14.6 Å². The van der Waals surface area contributed by atoms with Crippen molar-refractivity contribution in [3.63, 3.8) is 0 Å². The summed E-state index contributed by atoms with van der Waals surface area (Å²) in [7, 11) is 1.47. The largest absolute Gasteiger partial charge is 0.496 e. The minimum atomic E-state index is -1.01. The normalized spacial score (nSPS) is 11.2. The summed E-state index contributed by atoms with van der Waals surface area (Å²) in [6.45, 7) is 0. The molecule has 0 fully saturated rings. The zero-order valence-electron chi connectivity index (χ0n) is 15.2. The Morgan fingerprint density at radius 3 is 2.64 bits per heavy atom. The number of methoxy groups -OCH3 is 1. The maximum absolute atomic E-state index is 11.2. The number of hydrogen-bond donors (Lipinski definition) is 1. The highest BCUT2D eigenvalue weighted by Crippen LogP contribution is 2.24. The fourth-order valence-electron chi connectivity index (χ4n) is 3.17. The summed E-state index contributed by atoms with van der Waals surface area (Å²) in [6, 6.07) is 21.1. The highest BCUT2D eigenvalue weighted by atomic mass is 16.5. The van der Waals surface area contributed by atoms with E-state index in [9.17, 15) is 9.90 Å². The number of nitrogens with zero attached hydrogens (tertiary/aromatic N) is 2. The van der Waals surface area contributed by atoms with E-state index in [2.05, 4.69) is 9.55 Å². The molecule has 0 amide bonds. The van der Waals surface area contributed by atoms with Gasteiger partial charge in [0, 0.05) is 0 Å². The molecule has 4 aromatic rings. The minimum Gasteiger partial charge on any atom is -0.496 e. The summed E-state index contributed by atoms with van der Waals surface area (Å²) < 4.78 is 7.26. The first kappa shape index (κ1) is 17.5. The van der Waals surface area contributed by atoms with Gasteiger partial charge in [0.25, 0.3) is 0 Å². The smallest absolute Gasteiger partial charge is 0.339 e. The third-order valence-corrected chi connectivity index (χ3v) is 4.56. The Morgan fingerprint density at radius 1 is 1.04 bits per heavy atom. The Hall–Kier alpha value is -3.86. The fraction of sp³-hybridized carbons (Fsp3) is 0.0435. The minimum absolute atomic E-state index is 0.143. The highest BCUT2D eigenvalue weighted by Gasteiger charge is 2.11. The monoisotopic (exact) mass is 370 g/mol. The van der Waals surface area contributed by atoms with Crippen molar-refractivity contribution in [2.45, 2.75) is 0 Å². The summed E-state index contributed by atoms with van der Waals surface area (Å²) in [5, 5.41) is 9.22. The second-order valence-corrected chi connectivity index (χ2v) is 6.26. The number of ether oxygens (including phenoxy) is 1. The van der Waals surface area contributed by atoms with E-state index in [4.69, 9.17) is 4.74 Å². The van der Waals surface area contributed by atoms with E-state index in [0.717, 1.165) is 27.8 Å². The third-order valence-electron chi connectivity index (χ3n) is 4.56. The summed E-state index contributed by atoms with van der Waals surface area (Å²) in [5.74, 6) is -0.673. The van der Waals surface area contributed by atoms with Crippen molar-refractivity contribution in [2.75, 3.05) is 7.11 Å². The molecule has 5 heteroatoms. The highest BCUT2D eigenvalue weighted by molar-refractivity contribution is 5.91. The van der Waals surface area contributed by atoms with Crippen molar-refractivity contribution in [3.8, 4) is 11.4 Å². The molecular weight excluding hydrogens is 352 g/mol. The molecular formula is C23H18N2O3. The van der Waals surface area contributed by atoms with Crippen LogP contribution in [0.4, 0.5) is 0 Å².